The summed E-state index contributed by atoms with van der Waals surface area (Å²) in [4.78, 5) is 30.4. The molecule has 2 heterocycles. The van der Waals surface area contributed by atoms with Crippen LogP contribution in [0.15, 0.2) is 6.20 Å². The zero-order valence-electron chi connectivity index (χ0n) is 17.6. The summed E-state index contributed by atoms with van der Waals surface area (Å²) < 4.78 is 2.43. The highest BCUT2D eigenvalue weighted by Crippen LogP contribution is 2.28. The van der Waals surface area contributed by atoms with Gasteiger partial charge in [0.25, 0.3) is 0 Å². The van der Waals surface area contributed by atoms with Crippen LogP contribution in [-0.2, 0) is 16.0 Å². The van der Waals surface area contributed by atoms with Crippen molar-refractivity contribution in [3.63, 3.8) is 0 Å². The zero-order chi connectivity index (χ0) is 19.9. The summed E-state index contributed by atoms with van der Waals surface area (Å²) >= 11 is 0. The van der Waals surface area contributed by atoms with Crippen LogP contribution in [0.5, 0.6) is 0 Å². The monoisotopic (exact) mass is 388 g/mol. The molecule has 1 saturated carbocycles. The third-order valence-electron chi connectivity index (χ3n) is 6.46. The van der Waals surface area contributed by atoms with Gasteiger partial charge in [0.15, 0.2) is 0 Å². The highest BCUT2D eigenvalue weighted by Gasteiger charge is 2.26. The molecule has 2 fully saturated rings. The fourth-order valence-electron chi connectivity index (χ4n) is 4.77. The maximum atomic E-state index is 12.5. The van der Waals surface area contributed by atoms with Gasteiger partial charge in [0, 0.05) is 56.8 Å². The molecule has 1 aromatic heterocycles. The van der Waals surface area contributed by atoms with Crippen LogP contribution in [0.2, 0.25) is 0 Å². The smallest absolute Gasteiger partial charge is 0.223 e. The van der Waals surface area contributed by atoms with Crippen molar-refractivity contribution >= 4 is 11.8 Å². The van der Waals surface area contributed by atoms with E-state index in [1.54, 1.807) is 6.92 Å². The number of aromatic nitrogens is 2. The van der Waals surface area contributed by atoms with E-state index >= 15 is 0 Å². The topological polar surface area (TPSA) is 67.2 Å². The Bertz CT molecular complexity index is 653. The summed E-state index contributed by atoms with van der Waals surface area (Å²) in [5, 5.41) is 3.11. The van der Waals surface area contributed by atoms with E-state index < -0.39 is 0 Å². The van der Waals surface area contributed by atoms with Gasteiger partial charge in [-0.2, -0.15) is 0 Å². The molecule has 0 aromatic carbocycles. The maximum absolute atomic E-state index is 12.5. The van der Waals surface area contributed by atoms with Crippen molar-refractivity contribution < 1.29 is 9.59 Å². The number of rotatable bonds is 5. The third kappa shape index (κ3) is 5.36. The summed E-state index contributed by atoms with van der Waals surface area (Å²) in [6, 6.07) is 0.560. The second kappa shape index (κ2) is 10.1. The van der Waals surface area contributed by atoms with E-state index in [1.165, 1.54) is 50.6 Å². The standard InChI is InChI=1S/C22H36N4O2/c1-17-16-24-21(26(17)20-8-6-4-3-5-7-9-20)10-13-23-22(28)19-11-14-25(15-12-19)18(2)27/h16,19-20H,3-15H2,1-2H3,(H,23,28). The van der Waals surface area contributed by atoms with Gasteiger partial charge >= 0.3 is 0 Å². The van der Waals surface area contributed by atoms with E-state index in [4.69, 9.17) is 0 Å². The molecule has 28 heavy (non-hydrogen) atoms. The minimum atomic E-state index is 0.0303. The highest BCUT2D eigenvalue weighted by atomic mass is 16.2. The summed E-state index contributed by atoms with van der Waals surface area (Å²) in [6.07, 6.45) is 13.4. The summed E-state index contributed by atoms with van der Waals surface area (Å²) in [5.41, 5.74) is 1.24. The van der Waals surface area contributed by atoms with E-state index in [9.17, 15) is 9.59 Å². The fraction of sp³-hybridized carbons (Fsp3) is 0.773. The van der Waals surface area contributed by atoms with Crippen molar-refractivity contribution in [2.75, 3.05) is 19.6 Å². The van der Waals surface area contributed by atoms with Crippen LogP contribution in [0.4, 0.5) is 0 Å². The van der Waals surface area contributed by atoms with Gasteiger partial charge in [0.2, 0.25) is 11.8 Å². The molecule has 1 aliphatic heterocycles. The van der Waals surface area contributed by atoms with Crippen molar-refractivity contribution in [2.45, 2.75) is 84.1 Å². The van der Waals surface area contributed by atoms with Gasteiger partial charge in [-0.25, -0.2) is 4.98 Å². The average Bonchev–Trinajstić information content (AvgIpc) is 3.02. The number of piperidine rings is 1. The first kappa shape index (κ1) is 20.9. The Balaban J connectivity index is 1.50. The average molecular weight is 389 g/mol. The lowest BCUT2D eigenvalue weighted by Gasteiger charge is -2.30. The largest absolute Gasteiger partial charge is 0.355 e. The molecule has 6 heteroatoms. The van der Waals surface area contributed by atoms with Gasteiger partial charge in [-0.3, -0.25) is 9.59 Å². The SMILES string of the molecule is CC(=O)N1CCC(C(=O)NCCc2ncc(C)n2C2CCCCCCC2)CC1. The lowest BCUT2D eigenvalue weighted by atomic mass is 9.95. The zero-order valence-corrected chi connectivity index (χ0v) is 17.6. The van der Waals surface area contributed by atoms with Crippen LogP contribution < -0.4 is 5.32 Å². The van der Waals surface area contributed by atoms with Gasteiger partial charge in [-0.1, -0.05) is 32.1 Å². The molecule has 0 spiro atoms. The number of carbonyl (C=O) groups is 2. The van der Waals surface area contributed by atoms with Crippen LogP contribution in [0.3, 0.4) is 0 Å². The second-order valence-corrected chi connectivity index (χ2v) is 8.51. The number of hydrogen-bond donors (Lipinski definition) is 1. The molecule has 1 saturated heterocycles. The number of carbonyl (C=O) groups excluding carboxylic acids is 2. The minimum Gasteiger partial charge on any atom is -0.355 e. The lowest BCUT2D eigenvalue weighted by molar-refractivity contribution is -0.133. The molecule has 3 rings (SSSR count). The predicted molar refractivity (Wildman–Crippen MR) is 110 cm³/mol. The van der Waals surface area contributed by atoms with E-state index in [1.807, 2.05) is 11.1 Å². The first-order chi connectivity index (χ1) is 13.6. The fourth-order valence-corrected chi connectivity index (χ4v) is 4.77. The Labute approximate surface area is 169 Å². The number of amides is 2. The molecular formula is C22H36N4O2. The molecule has 0 radical (unpaired) electrons. The Morgan fingerprint density at radius 3 is 2.36 bits per heavy atom. The third-order valence-corrected chi connectivity index (χ3v) is 6.46. The van der Waals surface area contributed by atoms with Crippen LogP contribution in [0.25, 0.3) is 0 Å². The Morgan fingerprint density at radius 1 is 1.07 bits per heavy atom. The van der Waals surface area contributed by atoms with Gasteiger partial charge in [0.1, 0.15) is 5.82 Å². The number of nitrogens with zero attached hydrogens (tertiary/aromatic N) is 3. The predicted octanol–water partition coefficient (Wildman–Crippen LogP) is 3.39. The molecule has 1 N–H and O–H groups in total. The van der Waals surface area contributed by atoms with Crippen molar-refractivity contribution in [3.05, 3.63) is 17.7 Å². The Kier molecular flexibility index (Phi) is 7.51. The molecule has 0 unspecified atom stereocenters. The number of likely N-dealkylation sites (tertiary alicyclic amines) is 1. The number of hydrogen-bond acceptors (Lipinski definition) is 3. The van der Waals surface area contributed by atoms with Crippen LogP contribution >= 0.6 is 0 Å². The molecule has 156 valence electrons. The quantitative estimate of drug-likeness (QED) is 0.841. The second-order valence-electron chi connectivity index (χ2n) is 8.51. The Hall–Kier alpha value is -1.85. The molecular weight excluding hydrogens is 352 g/mol. The Morgan fingerprint density at radius 2 is 1.71 bits per heavy atom. The van der Waals surface area contributed by atoms with E-state index in [2.05, 4.69) is 21.8 Å². The van der Waals surface area contributed by atoms with Crippen LogP contribution in [-0.4, -0.2) is 45.9 Å². The molecule has 0 atom stereocenters. The summed E-state index contributed by atoms with van der Waals surface area (Å²) in [6.45, 7) is 5.77. The van der Waals surface area contributed by atoms with Crippen LogP contribution in [0, 0.1) is 12.8 Å². The molecule has 2 aliphatic rings. The van der Waals surface area contributed by atoms with E-state index in [0.29, 0.717) is 25.7 Å². The van der Waals surface area contributed by atoms with Crippen molar-refractivity contribution in [1.82, 2.24) is 19.8 Å². The van der Waals surface area contributed by atoms with Crippen molar-refractivity contribution in [2.24, 2.45) is 5.92 Å². The lowest BCUT2D eigenvalue weighted by Crippen LogP contribution is -2.42. The van der Waals surface area contributed by atoms with Crippen molar-refractivity contribution in [3.8, 4) is 0 Å². The maximum Gasteiger partial charge on any atom is 0.223 e. The molecule has 2 amide bonds. The van der Waals surface area contributed by atoms with E-state index in [-0.39, 0.29) is 17.7 Å². The number of imidazole rings is 1. The molecule has 6 nitrogen and oxygen atoms in total. The van der Waals surface area contributed by atoms with Gasteiger partial charge in [0.05, 0.1) is 0 Å². The molecule has 0 bridgehead atoms. The van der Waals surface area contributed by atoms with Gasteiger partial charge in [-0.15, -0.1) is 0 Å². The first-order valence-corrected chi connectivity index (χ1v) is 11.1. The summed E-state index contributed by atoms with van der Waals surface area (Å²) in [7, 11) is 0. The minimum absolute atomic E-state index is 0.0303. The van der Waals surface area contributed by atoms with Crippen LogP contribution in [0.1, 0.15) is 82.3 Å². The normalized spacial score (nSPS) is 19.9. The number of nitrogens with one attached hydrogen (secondary N) is 1. The molecule has 1 aromatic rings. The molecule has 1 aliphatic carbocycles. The van der Waals surface area contributed by atoms with E-state index in [0.717, 1.165) is 25.1 Å². The van der Waals surface area contributed by atoms with Crippen molar-refractivity contribution in [1.29, 1.82) is 0 Å². The number of aryl methyl sites for hydroxylation is 1. The van der Waals surface area contributed by atoms with Gasteiger partial charge in [-0.05, 0) is 32.6 Å². The van der Waals surface area contributed by atoms with Gasteiger partial charge < -0.3 is 14.8 Å². The highest BCUT2D eigenvalue weighted by molar-refractivity contribution is 5.79. The first-order valence-electron chi connectivity index (χ1n) is 11.1. The summed E-state index contributed by atoms with van der Waals surface area (Å²) in [5.74, 6) is 1.37.